The number of aromatic hydroxyl groups is 1. The molecular weight excluding hydrogens is 404 g/mol. The first-order chi connectivity index (χ1) is 12.1. The number of aromatic nitrogens is 2. The molecule has 0 atom stereocenters. The molecule has 0 aliphatic rings. The minimum atomic E-state index is -0.403. The van der Waals surface area contributed by atoms with Gasteiger partial charge >= 0.3 is 5.63 Å². The Morgan fingerprint density at radius 3 is 2.88 bits per heavy atom. The van der Waals surface area contributed by atoms with E-state index in [1.54, 1.807) is 24.3 Å². The first-order valence-corrected chi connectivity index (χ1v) is 9.05. The molecule has 3 heterocycles. The van der Waals surface area contributed by atoms with Crippen LogP contribution in [0.15, 0.2) is 61.5 Å². The van der Waals surface area contributed by atoms with Gasteiger partial charge in [-0.1, -0.05) is 29.5 Å². The number of halogens is 1. The SMILES string of the molecule is O=c1oc2ccccc2cc1-c1c(Br)sc2nc3cc(O)ccc3n12. The van der Waals surface area contributed by atoms with Crippen LogP contribution in [-0.4, -0.2) is 14.5 Å². The van der Waals surface area contributed by atoms with E-state index in [2.05, 4.69) is 20.9 Å². The van der Waals surface area contributed by atoms with E-state index < -0.39 is 5.63 Å². The van der Waals surface area contributed by atoms with Crippen LogP contribution in [0.25, 0.3) is 38.2 Å². The minimum Gasteiger partial charge on any atom is -0.508 e. The largest absolute Gasteiger partial charge is 0.508 e. The first kappa shape index (κ1) is 14.7. The van der Waals surface area contributed by atoms with Crippen molar-refractivity contribution in [1.29, 1.82) is 0 Å². The van der Waals surface area contributed by atoms with Gasteiger partial charge in [0.05, 0.1) is 26.1 Å². The molecule has 5 rings (SSSR count). The van der Waals surface area contributed by atoms with Crippen molar-refractivity contribution in [2.45, 2.75) is 0 Å². The van der Waals surface area contributed by atoms with Gasteiger partial charge in [0.25, 0.3) is 0 Å². The molecule has 0 aliphatic carbocycles. The van der Waals surface area contributed by atoms with E-state index in [1.165, 1.54) is 11.3 Å². The second-order valence-corrected chi connectivity index (χ2v) is 7.91. The molecule has 5 aromatic rings. The van der Waals surface area contributed by atoms with E-state index in [0.717, 1.165) is 19.7 Å². The average Bonchev–Trinajstić information content (AvgIpc) is 3.08. The number of nitrogens with zero attached hydrogens (tertiary/aromatic N) is 2. The maximum atomic E-state index is 12.6. The highest BCUT2D eigenvalue weighted by Crippen LogP contribution is 2.38. The van der Waals surface area contributed by atoms with E-state index in [4.69, 9.17) is 4.42 Å². The van der Waals surface area contributed by atoms with Crippen LogP contribution in [0.4, 0.5) is 0 Å². The van der Waals surface area contributed by atoms with Crippen LogP contribution in [-0.2, 0) is 0 Å². The number of rotatable bonds is 1. The van der Waals surface area contributed by atoms with E-state index in [9.17, 15) is 9.90 Å². The highest BCUT2D eigenvalue weighted by atomic mass is 79.9. The van der Waals surface area contributed by atoms with Gasteiger partial charge in [0.2, 0.25) is 0 Å². The van der Waals surface area contributed by atoms with E-state index in [-0.39, 0.29) is 5.75 Å². The fourth-order valence-corrected chi connectivity index (χ4v) is 4.71. The second kappa shape index (κ2) is 5.18. The highest BCUT2D eigenvalue weighted by Gasteiger charge is 2.20. The maximum absolute atomic E-state index is 12.6. The minimum absolute atomic E-state index is 0.157. The quantitative estimate of drug-likeness (QED) is 0.402. The number of hydrogen-bond donors (Lipinski definition) is 1. The second-order valence-electron chi connectivity index (χ2n) is 5.61. The molecule has 0 bridgehead atoms. The summed E-state index contributed by atoms with van der Waals surface area (Å²) in [6, 6.07) is 14.2. The average molecular weight is 413 g/mol. The lowest BCUT2D eigenvalue weighted by Gasteiger charge is -2.03. The van der Waals surface area contributed by atoms with Gasteiger partial charge in [-0.05, 0) is 40.2 Å². The summed E-state index contributed by atoms with van der Waals surface area (Å²) in [4.78, 5) is 17.8. The standard InChI is InChI=1S/C18H9BrN2O3S/c19-16-15(11-7-9-3-1-2-4-14(9)24-17(11)23)21-13-6-5-10(22)8-12(13)20-18(21)25-16/h1-8,22H. The van der Waals surface area contributed by atoms with Gasteiger partial charge in [-0.25, -0.2) is 9.78 Å². The van der Waals surface area contributed by atoms with Gasteiger partial charge in [-0.15, -0.1) is 0 Å². The zero-order chi connectivity index (χ0) is 17.1. The van der Waals surface area contributed by atoms with Crippen molar-refractivity contribution in [2.75, 3.05) is 0 Å². The lowest BCUT2D eigenvalue weighted by molar-refractivity contribution is 0.476. The third kappa shape index (κ3) is 2.13. The number of phenolic OH excluding ortho intramolecular Hbond substituents is 1. The Morgan fingerprint density at radius 2 is 2.00 bits per heavy atom. The molecule has 0 saturated heterocycles. The summed E-state index contributed by atoms with van der Waals surface area (Å²) in [5, 5.41) is 10.5. The summed E-state index contributed by atoms with van der Waals surface area (Å²) < 4.78 is 8.19. The summed E-state index contributed by atoms with van der Waals surface area (Å²) in [7, 11) is 0. The predicted octanol–water partition coefficient (Wildman–Crippen LogP) is 4.79. The van der Waals surface area contributed by atoms with Crippen LogP contribution >= 0.6 is 27.3 Å². The van der Waals surface area contributed by atoms with Crippen LogP contribution in [0.2, 0.25) is 0 Å². The molecule has 0 unspecified atom stereocenters. The van der Waals surface area contributed by atoms with Gasteiger partial charge in [0, 0.05) is 11.5 Å². The molecule has 0 saturated carbocycles. The molecule has 0 aliphatic heterocycles. The fraction of sp³-hybridized carbons (Fsp3) is 0. The number of hydrogen-bond acceptors (Lipinski definition) is 5. The Kier molecular flexibility index (Phi) is 3.04. The Bertz CT molecular complexity index is 1350. The molecule has 0 fully saturated rings. The summed E-state index contributed by atoms with van der Waals surface area (Å²) in [5.41, 5.74) is 2.80. The van der Waals surface area contributed by atoms with Gasteiger partial charge in [-0.2, -0.15) is 0 Å². The number of benzene rings is 2. The third-order valence-electron chi connectivity index (χ3n) is 4.09. The molecule has 25 heavy (non-hydrogen) atoms. The normalized spacial score (nSPS) is 11.7. The molecule has 3 aromatic heterocycles. The van der Waals surface area contributed by atoms with E-state index >= 15 is 0 Å². The zero-order valence-corrected chi connectivity index (χ0v) is 15.0. The summed E-state index contributed by atoms with van der Waals surface area (Å²) in [6.45, 7) is 0. The topological polar surface area (TPSA) is 67.7 Å². The monoisotopic (exact) mass is 412 g/mol. The fourth-order valence-electron chi connectivity index (χ4n) is 3.00. The molecule has 5 nitrogen and oxygen atoms in total. The van der Waals surface area contributed by atoms with Crippen molar-refractivity contribution in [3.8, 4) is 17.0 Å². The van der Waals surface area contributed by atoms with E-state index in [1.807, 2.05) is 28.7 Å². The van der Waals surface area contributed by atoms with Crippen LogP contribution in [0.5, 0.6) is 5.75 Å². The smallest absolute Gasteiger partial charge is 0.345 e. The van der Waals surface area contributed by atoms with Crippen LogP contribution in [0, 0.1) is 0 Å². The van der Waals surface area contributed by atoms with Crippen molar-refractivity contribution >= 4 is 54.2 Å². The van der Waals surface area contributed by atoms with E-state index in [0.29, 0.717) is 22.4 Å². The van der Waals surface area contributed by atoms with Gasteiger partial charge in [0.1, 0.15) is 11.3 Å². The number of fused-ring (bicyclic) bond motifs is 4. The zero-order valence-electron chi connectivity index (χ0n) is 12.6. The van der Waals surface area contributed by atoms with Gasteiger partial charge in [-0.3, -0.25) is 4.40 Å². The van der Waals surface area contributed by atoms with Crippen LogP contribution in [0.3, 0.4) is 0 Å². The summed E-state index contributed by atoms with van der Waals surface area (Å²) in [6.07, 6.45) is 0. The van der Waals surface area contributed by atoms with Crippen LogP contribution < -0.4 is 5.63 Å². The third-order valence-corrected chi connectivity index (χ3v) is 5.78. The molecule has 7 heteroatoms. The molecule has 0 spiro atoms. The van der Waals surface area contributed by atoms with Crippen LogP contribution in [0.1, 0.15) is 0 Å². The molecule has 0 radical (unpaired) electrons. The summed E-state index contributed by atoms with van der Waals surface area (Å²) in [5.74, 6) is 0.157. The molecule has 1 N–H and O–H groups in total. The molecule has 2 aromatic carbocycles. The molecule has 0 amide bonds. The summed E-state index contributed by atoms with van der Waals surface area (Å²) >= 11 is 4.98. The van der Waals surface area contributed by atoms with Crippen molar-refractivity contribution < 1.29 is 9.52 Å². The van der Waals surface area contributed by atoms with Gasteiger partial charge < -0.3 is 9.52 Å². The van der Waals surface area contributed by atoms with Gasteiger partial charge in [0.15, 0.2) is 4.96 Å². The number of para-hydroxylation sites is 1. The number of phenols is 1. The Hall–Kier alpha value is -2.64. The van der Waals surface area contributed by atoms with Crippen molar-refractivity contribution in [2.24, 2.45) is 0 Å². The van der Waals surface area contributed by atoms with Crippen molar-refractivity contribution in [3.05, 3.63) is 62.7 Å². The Balaban J connectivity index is 1.92. The first-order valence-electron chi connectivity index (χ1n) is 7.44. The lowest BCUT2D eigenvalue weighted by Crippen LogP contribution is -2.04. The molecular formula is C18H9BrN2O3S. The highest BCUT2D eigenvalue weighted by molar-refractivity contribution is 9.11. The predicted molar refractivity (Wildman–Crippen MR) is 101 cm³/mol. The Labute approximate surface area is 152 Å². The number of thiazole rings is 1. The Morgan fingerprint density at radius 1 is 1.16 bits per heavy atom. The van der Waals surface area contributed by atoms with Crippen molar-refractivity contribution in [3.63, 3.8) is 0 Å². The molecule has 122 valence electrons. The maximum Gasteiger partial charge on any atom is 0.345 e. The lowest BCUT2D eigenvalue weighted by atomic mass is 10.1. The van der Waals surface area contributed by atoms with Crippen molar-refractivity contribution in [1.82, 2.24) is 9.38 Å². The number of imidazole rings is 1.